The van der Waals surface area contributed by atoms with Gasteiger partial charge in [-0.05, 0) is 30.5 Å². The second kappa shape index (κ2) is 8.69. The van der Waals surface area contributed by atoms with Crippen molar-refractivity contribution in [3.63, 3.8) is 0 Å². The van der Waals surface area contributed by atoms with Crippen molar-refractivity contribution in [3.05, 3.63) is 66.1 Å². The van der Waals surface area contributed by atoms with Gasteiger partial charge in [-0.3, -0.25) is 4.79 Å². The van der Waals surface area contributed by atoms with E-state index in [1.807, 2.05) is 42.5 Å². The summed E-state index contributed by atoms with van der Waals surface area (Å²) in [6, 6.07) is 17.9. The highest BCUT2D eigenvalue weighted by Gasteiger charge is 2.30. The molecule has 2 heterocycles. The van der Waals surface area contributed by atoms with E-state index >= 15 is 0 Å². The molecule has 0 N–H and O–H groups in total. The normalized spacial score (nSPS) is 17.0. The lowest BCUT2D eigenvalue weighted by Crippen LogP contribution is -2.45. The molecule has 0 unspecified atom stereocenters. The molecule has 6 nitrogen and oxygen atoms in total. The van der Waals surface area contributed by atoms with Gasteiger partial charge in [-0.25, -0.2) is 0 Å². The number of nitrogens with zero attached hydrogens (tertiary/aromatic N) is 3. The van der Waals surface area contributed by atoms with Crippen LogP contribution in [0.1, 0.15) is 31.2 Å². The van der Waals surface area contributed by atoms with Crippen molar-refractivity contribution < 1.29 is 13.9 Å². The molecular weight excluding hydrogens is 386 g/mol. The van der Waals surface area contributed by atoms with Crippen molar-refractivity contribution in [2.75, 3.05) is 17.2 Å². The van der Waals surface area contributed by atoms with Crippen LogP contribution in [0.25, 0.3) is 0 Å². The Labute approximate surface area is 174 Å². The fraction of sp³-hybridized carbons (Fsp3) is 0.318. The summed E-state index contributed by atoms with van der Waals surface area (Å²) in [6.45, 7) is 4.47. The maximum Gasteiger partial charge on any atom is 0.276 e. The van der Waals surface area contributed by atoms with Crippen LogP contribution in [0.5, 0.6) is 5.75 Å². The monoisotopic (exact) mass is 409 g/mol. The zero-order chi connectivity index (χ0) is 20.2. The van der Waals surface area contributed by atoms with Gasteiger partial charge in [0.2, 0.25) is 5.89 Å². The number of aromatic nitrogens is 2. The van der Waals surface area contributed by atoms with E-state index < -0.39 is 6.10 Å². The lowest BCUT2D eigenvalue weighted by atomic mass is 9.98. The van der Waals surface area contributed by atoms with E-state index in [-0.39, 0.29) is 5.91 Å². The standard InChI is InChI=1S/C22H23N3O3S/c1-15(17-8-4-3-5-9-17)14-20-23-24-22(28-20)29-13-12-25-18-10-6-7-11-19(18)27-16(2)21(25)26/h3-11,15-16H,12-14H2,1-2H3/t15-,16+/m1/s1. The van der Waals surface area contributed by atoms with Gasteiger partial charge in [-0.1, -0.05) is 61.2 Å². The number of hydrogen-bond acceptors (Lipinski definition) is 6. The van der Waals surface area contributed by atoms with Crippen LogP contribution in [0.4, 0.5) is 5.69 Å². The molecule has 4 rings (SSSR count). The van der Waals surface area contributed by atoms with Crippen molar-refractivity contribution in [2.24, 2.45) is 0 Å². The highest BCUT2D eigenvalue weighted by molar-refractivity contribution is 7.99. The van der Waals surface area contributed by atoms with E-state index in [1.165, 1.54) is 17.3 Å². The fourth-order valence-corrected chi connectivity index (χ4v) is 4.06. The summed E-state index contributed by atoms with van der Waals surface area (Å²) in [5.41, 5.74) is 2.05. The van der Waals surface area contributed by atoms with Crippen LogP contribution in [0.3, 0.4) is 0 Å². The van der Waals surface area contributed by atoms with Crippen molar-refractivity contribution >= 4 is 23.4 Å². The summed E-state index contributed by atoms with van der Waals surface area (Å²) < 4.78 is 11.5. The van der Waals surface area contributed by atoms with Gasteiger partial charge >= 0.3 is 0 Å². The first-order valence-corrected chi connectivity index (χ1v) is 10.7. The fourth-order valence-electron chi connectivity index (χ4n) is 3.35. The maximum absolute atomic E-state index is 12.5. The zero-order valence-corrected chi connectivity index (χ0v) is 17.3. The van der Waals surface area contributed by atoms with Crippen LogP contribution in [-0.2, 0) is 11.2 Å². The van der Waals surface area contributed by atoms with E-state index in [1.54, 1.807) is 11.8 Å². The predicted octanol–water partition coefficient (Wildman–Crippen LogP) is 4.32. The largest absolute Gasteiger partial charge is 0.479 e. The van der Waals surface area contributed by atoms with E-state index in [2.05, 4.69) is 29.3 Å². The number of carbonyl (C=O) groups excluding carboxylic acids is 1. The Morgan fingerprint density at radius 3 is 2.69 bits per heavy atom. The molecule has 0 saturated carbocycles. The smallest absolute Gasteiger partial charge is 0.276 e. The number of hydrogen-bond donors (Lipinski definition) is 0. The van der Waals surface area contributed by atoms with Crippen molar-refractivity contribution in [3.8, 4) is 5.75 Å². The summed E-state index contributed by atoms with van der Waals surface area (Å²) in [6.07, 6.45) is 0.217. The second-order valence-electron chi connectivity index (χ2n) is 7.04. The minimum atomic E-state index is -0.482. The molecule has 0 saturated heterocycles. The lowest BCUT2D eigenvalue weighted by Gasteiger charge is -2.32. The van der Waals surface area contributed by atoms with Crippen LogP contribution >= 0.6 is 11.8 Å². The first-order chi connectivity index (χ1) is 14.1. The third-order valence-electron chi connectivity index (χ3n) is 4.91. The number of carbonyl (C=O) groups is 1. The Balaban J connectivity index is 1.34. The Hall–Kier alpha value is -2.80. The van der Waals surface area contributed by atoms with Crippen molar-refractivity contribution in [2.45, 2.75) is 37.5 Å². The van der Waals surface area contributed by atoms with E-state index in [0.29, 0.717) is 35.7 Å². The van der Waals surface area contributed by atoms with Crippen LogP contribution in [0.15, 0.2) is 64.2 Å². The first kappa shape index (κ1) is 19.5. The molecule has 1 aliphatic heterocycles. The predicted molar refractivity (Wildman–Crippen MR) is 112 cm³/mol. The SMILES string of the molecule is C[C@@H]1Oc2ccccc2N(CCSc2nnc(C[C@@H](C)c3ccccc3)o2)C1=O. The van der Waals surface area contributed by atoms with Gasteiger partial charge in [0.05, 0.1) is 5.69 Å². The van der Waals surface area contributed by atoms with Gasteiger partial charge in [0.1, 0.15) is 5.75 Å². The van der Waals surface area contributed by atoms with Gasteiger partial charge in [-0.15, -0.1) is 10.2 Å². The zero-order valence-electron chi connectivity index (χ0n) is 16.4. The molecule has 7 heteroatoms. The molecule has 0 radical (unpaired) electrons. The molecule has 0 bridgehead atoms. The van der Waals surface area contributed by atoms with Crippen LogP contribution in [0, 0.1) is 0 Å². The molecule has 29 heavy (non-hydrogen) atoms. The average molecular weight is 410 g/mol. The van der Waals surface area contributed by atoms with Gasteiger partial charge < -0.3 is 14.1 Å². The minimum Gasteiger partial charge on any atom is -0.479 e. The first-order valence-electron chi connectivity index (χ1n) is 9.69. The number of ether oxygens (including phenoxy) is 1. The number of benzene rings is 2. The van der Waals surface area contributed by atoms with Crippen molar-refractivity contribution in [1.82, 2.24) is 10.2 Å². The van der Waals surface area contributed by atoms with Gasteiger partial charge in [0.25, 0.3) is 11.1 Å². The molecular formula is C22H23N3O3S. The summed E-state index contributed by atoms with van der Waals surface area (Å²) in [4.78, 5) is 14.3. The van der Waals surface area contributed by atoms with Crippen LogP contribution < -0.4 is 9.64 Å². The Morgan fingerprint density at radius 2 is 1.86 bits per heavy atom. The summed E-state index contributed by atoms with van der Waals surface area (Å²) in [5.74, 6) is 2.29. The number of thioether (sulfide) groups is 1. The van der Waals surface area contributed by atoms with Crippen LogP contribution in [-0.4, -0.2) is 34.5 Å². The van der Waals surface area contributed by atoms with Gasteiger partial charge in [-0.2, -0.15) is 0 Å². The molecule has 3 aromatic rings. The third kappa shape index (κ3) is 4.45. The Morgan fingerprint density at radius 1 is 1.10 bits per heavy atom. The van der Waals surface area contributed by atoms with E-state index in [0.717, 1.165) is 11.4 Å². The second-order valence-corrected chi connectivity index (χ2v) is 8.09. The Kier molecular flexibility index (Phi) is 5.85. The Bertz CT molecular complexity index is 976. The highest BCUT2D eigenvalue weighted by atomic mass is 32.2. The molecule has 0 fully saturated rings. The third-order valence-corrected chi connectivity index (χ3v) is 5.71. The molecule has 1 aromatic heterocycles. The molecule has 1 aliphatic rings. The van der Waals surface area contributed by atoms with Crippen molar-refractivity contribution in [1.29, 1.82) is 0 Å². The molecule has 0 spiro atoms. The lowest BCUT2D eigenvalue weighted by molar-refractivity contribution is -0.125. The molecule has 2 atom stereocenters. The number of fused-ring (bicyclic) bond motifs is 1. The van der Waals surface area contributed by atoms with E-state index in [9.17, 15) is 4.79 Å². The quantitative estimate of drug-likeness (QED) is 0.541. The average Bonchev–Trinajstić information content (AvgIpc) is 3.18. The van der Waals surface area contributed by atoms with E-state index in [4.69, 9.17) is 9.15 Å². The molecule has 150 valence electrons. The van der Waals surface area contributed by atoms with Crippen LogP contribution in [0.2, 0.25) is 0 Å². The topological polar surface area (TPSA) is 68.5 Å². The molecule has 2 aromatic carbocycles. The van der Waals surface area contributed by atoms with Gasteiger partial charge in [0, 0.05) is 18.7 Å². The number of para-hydroxylation sites is 2. The number of anilines is 1. The van der Waals surface area contributed by atoms with Gasteiger partial charge in [0.15, 0.2) is 6.10 Å². The summed E-state index contributed by atoms with van der Waals surface area (Å²) >= 11 is 1.46. The summed E-state index contributed by atoms with van der Waals surface area (Å²) in [5, 5.41) is 8.84. The molecule has 1 amide bonds. The number of amides is 1. The number of rotatable bonds is 7. The highest BCUT2D eigenvalue weighted by Crippen LogP contribution is 2.34. The summed E-state index contributed by atoms with van der Waals surface area (Å²) in [7, 11) is 0. The molecule has 0 aliphatic carbocycles. The maximum atomic E-state index is 12.5. The minimum absolute atomic E-state index is 0.0350.